The number of halogens is 2. The van der Waals surface area contributed by atoms with E-state index in [-0.39, 0.29) is 0 Å². The second kappa shape index (κ2) is 6.73. The van der Waals surface area contributed by atoms with E-state index in [1.807, 2.05) is 6.07 Å². The van der Waals surface area contributed by atoms with Crippen molar-refractivity contribution in [3.63, 3.8) is 0 Å². The van der Waals surface area contributed by atoms with Gasteiger partial charge < -0.3 is 10.1 Å². The molecule has 6 heteroatoms. The number of benzene rings is 2. The zero-order valence-corrected chi connectivity index (χ0v) is 13.6. The Labute approximate surface area is 143 Å². The molecule has 4 nitrogen and oxygen atoms in total. The van der Waals surface area contributed by atoms with Crippen LogP contribution in [0, 0.1) is 17.1 Å². The highest BCUT2D eigenvalue weighted by Crippen LogP contribution is 2.28. The number of nitrogens with zero attached hydrogens (tertiary/aromatic N) is 2. The molecule has 2 aromatic carbocycles. The Hall–Kier alpha value is -2.84. The lowest BCUT2D eigenvalue weighted by Gasteiger charge is -2.12. The van der Waals surface area contributed by atoms with E-state index in [1.165, 1.54) is 0 Å². The number of hydrogen-bond acceptors (Lipinski definition) is 4. The number of aromatic nitrogens is 1. The van der Waals surface area contributed by atoms with Gasteiger partial charge in [-0.05, 0) is 35.9 Å². The van der Waals surface area contributed by atoms with Crippen LogP contribution in [0.25, 0.3) is 10.9 Å². The van der Waals surface area contributed by atoms with Gasteiger partial charge in [0.1, 0.15) is 5.75 Å². The Bertz CT molecular complexity index is 953. The third kappa shape index (κ3) is 3.10. The van der Waals surface area contributed by atoms with Crippen molar-refractivity contribution in [3.8, 4) is 11.8 Å². The number of nitrogens with one attached hydrogen (secondary N) is 1. The first-order chi connectivity index (χ1) is 11.6. The monoisotopic (exact) mass is 341 g/mol. The molecule has 0 aliphatic rings. The van der Waals surface area contributed by atoms with E-state index in [1.54, 1.807) is 37.4 Å². The lowest BCUT2D eigenvalue weighted by Crippen LogP contribution is -2.03. The van der Waals surface area contributed by atoms with Gasteiger partial charge in [0, 0.05) is 11.9 Å². The molecule has 0 bridgehead atoms. The molecule has 0 amide bonds. The van der Waals surface area contributed by atoms with Gasteiger partial charge >= 0.3 is 0 Å². The van der Waals surface area contributed by atoms with Crippen molar-refractivity contribution in [3.05, 3.63) is 64.6 Å². The molecule has 1 heterocycles. The first-order valence-corrected chi connectivity index (χ1v) is 7.55. The molecule has 3 aromatic rings. The fourth-order valence-electron chi connectivity index (χ4n) is 2.43. The summed E-state index contributed by atoms with van der Waals surface area (Å²) in [6, 6.07) is 12.4. The van der Waals surface area contributed by atoms with Crippen molar-refractivity contribution in [2.45, 2.75) is 6.54 Å². The average Bonchev–Trinajstić information content (AvgIpc) is 2.60. The number of fused-ring (bicyclic) bond motifs is 1. The van der Waals surface area contributed by atoms with Gasteiger partial charge in [0.2, 0.25) is 0 Å². The zero-order valence-electron chi connectivity index (χ0n) is 12.8. The Morgan fingerprint density at radius 2 is 2.12 bits per heavy atom. The Balaban J connectivity index is 1.93. The van der Waals surface area contributed by atoms with Crippen LogP contribution in [-0.2, 0) is 6.54 Å². The van der Waals surface area contributed by atoms with Gasteiger partial charge in [-0.1, -0.05) is 17.7 Å². The molecule has 0 unspecified atom stereocenters. The van der Waals surface area contributed by atoms with Crippen molar-refractivity contribution in [1.82, 2.24) is 4.98 Å². The van der Waals surface area contributed by atoms with Crippen molar-refractivity contribution >= 4 is 28.2 Å². The number of anilines is 1. The topological polar surface area (TPSA) is 57.9 Å². The second-order valence-electron chi connectivity index (χ2n) is 5.15. The molecule has 0 radical (unpaired) electrons. The van der Waals surface area contributed by atoms with E-state index >= 15 is 0 Å². The van der Waals surface area contributed by atoms with Crippen LogP contribution in [0.15, 0.2) is 42.6 Å². The van der Waals surface area contributed by atoms with E-state index in [4.69, 9.17) is 21.6 Å². The van der Waals surface area contributed by atoms with Gasteiger partial charge in [-0.3, -0.25) is 4.98 Å². The zero-order chi connectivity index (χ0) is 17.1. The summed E-state index contributed by atoms with van der Waals surface area (Å²) in [6.07, 6.45) is 1.16. The average molecular weight is 342 g/mol. The van der Waals surface area contributed by atoms with Gasteiger partial charge in [-0.25, -0.2) is 4.39 Å². The summed E-state index contributed by atoms with van der Waals surface area (Å²) < 4.78 is 19.3. The summed E-state index contributed by atoms with van der Waals surface area (Å²) in [6.45, 7) is 0.372. The molecule has 0 saturated carbocycles. The third-order valence-corrected chi connectivity index (χ3v) is 3.93. The minimum atomic E-state index is -0.475. The molecule has 1 aromatic heterocycles. The SMILES string of the molecule is COc1ccc(CNc2c(F)cnc3ccc(C#N)cc23)cc1Cl. The van der Waals surface area contributed by atoms with Crippen LogP contribution < -0.4 is 10.1 Å². The smallest absolute Gasteiger partial charge is 0.165 e. The first kappa shape index (κ1) is 16.0. The first-order valence-electron chi connectivity index (χ1n) is 7.17. The van der Waals surface area contributed by atoms with Crippen molar-refractivity contribution in [1.29, 1.82) is 5.26 Å². The third-order valence-electron chi connectivity index (χ3n) is 3.64. The van der Waals surface area contributed by atoms with E-state index in [0.29, 0.717) is 39.5 Å². The van der Waals surface area contributed by atoms with Gasteiger partial charge in [-0.2, -0.15) is 5.26 Å². The number of hydrogen-bond donors (Lipinski definition) is 1. The Morgan fingerprint density at radius 1 is 1.29 bits per heavy atom. The molecule has 0 aliphatic carbocycles. The highest BCUT2D eigenvalue weighted by atomic mass is 35.5. The quantitative estimate of drug-likeness (QED) is 0.758. The highest BCUT2D eigenvalue weighted by molar-refractivity contribution is 6.32. The second-order valence-corrected chi connectivity index (χ2v) is 5.55. The summed E-state index contributed by atoms with van der Waals surface area (Å²) in [4.78, 5) is 4.05. The highest BCUT2D eigenvalue weighted by Gasteiger charge is 2.10. The molecular weight excluding hydrogens is 329 g/mol. The lowest BCUT2D eigenvalue weighted by molar-refractivity contribution is 0.415. The molecule has 0 fully saturated rings. The van der Waals surface area contributed by atoms with Crippen LogP contribution in [0.3, 0.4) is 0 Å². The van der Waals surface area contributed by atoms with E-state index < -0.39 is 5.82 Å². The van der Waals surface area contributed by atoms with Gasteiger partial charge in [0.25, 0.3) is 0 Å². The molecule has 0 spiro atoms. The van der Waals surface area contributed by atoms with Crippen LogP contribution in [0.5, 0.6) is 5.75 Å². The summed E-state index contributed by atoms with van der Waals surface area (Å²) in [5, 5.41) is 13.2. The number of rotatable bonds is 4. The molecule has 3 rings (SSSR count). The Kier molecular flexibility index (Phi) is 4.50. The van der Waals surface area contributed by atoms with E-state index in [0.717, 1.165) is 11.8 Å². The molecule has 24 heavy (non-hydrogen) atoms. The van der Waals surface area contributed by atoms with Crippen molar-refractivity contribution in [2.24, 2.45) is 0 Å². The predicted molar refractivity (Wildman–Crippen MR) is 91.7 cm³/mol. The van der Waals surface area contributed by atoms with Crippen LogP contribution >= 0.6 is 11.6 Å². The molecule has 0 atom stereocenters. The molecule has 0 saturated heterocycles. The Morgan fingerprint density at radius 3 is 2.83 bits per heavy atom. The number of pyridine rings is 1. The molecule has 120 valence electrons. The number of nitriles is 1. The minimum Gasteiger partial charge on any atom is -0.495 e. The van der Waals surface area contributed by atoms with E-state index in [9.17, 15) is 4.39 Å². The summed E-state index contributed by atoms with van der Waals surface area (Å²) >= 11 is 6.10. The fourth-order valence-corrected chi connectivity index (χ4v) is 2.71. The number of ether oxygens (including phenoxy) is 1. The van der Waals surface area contributed by atoms with Crippen molar-refractivity contribution < 1.29 is 9.13 Å². The van der Waals surface area contributed by atoms with Gasteiger partial charge in [-0.15, -0.1) is 0 Å². The van der Waals surface area contributed by atoms with E-state index in [2.05, 4.69) is 16.4 Å². The minimum absolute atomic E-state index is 0.309. The summed E-state index contributed by atoms with van der Waals surface area (Å²) in [5.41, 5.74) is 2.25. The standard InChI is InChI=1S/C18H13ClFN3O/c1-24-17-5-3-12(7-14(17)19)9-23-18-13-6-11(8-21)2-4-16(13)22-10-15(18)20/h2-7,10H,9H2,1H3,(H,22,23). The fraction of sp³-hybridized carbons (Fsp3) is 0.111. The van der Waals surface area contributed by atoms with Gasteiger partial charge in [0.15, 0.2) is 5.82 Å². The molecular formula is C18H13ClFN3O. The van der Waals surface area contributed by atoms with Gasteiger partial charge in [0.05, 0.1) is 41.2 Å². The van der Waals surface area contributed by atoms with Crippen LogP contribution in [0.2, 0.25) is 5.02 Å². The maximum atomic E-state index is 14.2. The number of methoxy groups -OCH3 is 1. The van der Waals surface area contributed by atoms with Crippen molar-refractivity contribution in [2.75, 3.05) is 12.4 Å². The van der Waals surface area contributed by atoms with Crippen LogP contribution in [0.4, 0.5) is 10.1 Å². The van der Waals surface area contributed by atoms with Crippen LogP contribution in [0.1, 0.15) is 11.1 Å². The lowest BCUT2D eigenvalue weighted by atomic mass is 10.1. The van der Waals surface area contributed by atoms with Crippen LogP contribution in [-0.4, -0.2) is 12.1 Å². The largest absolute Gasteiger partial charge is 0.495 e. The normalized spacial score (nSPS) is 10.4. The predicted octanol–water partition coefficient (Wildman–Crippen LogP) is 4.52. The molecule has 1 N–H and O–H groups in total. The maximum Gasteiger partial charge on any atom is 0.165 e. The summed E-state index contributed by atoms with van der Waals surface area (Å²) in [5.74, 6) is 0.108. The molecule has 0 aliphatic heterocycles. The summed E-state index contributed by atoms with van der Waals surface area (Å²) in [7, 11) is 1.55. The maximum absolute atomic E-state index is 14.2.